The van der Waals surface area contributed by atoms with Gasteiger partial charge in [0.15, 0.2) is 9.84 Å². The monoisotopic (exact) mass is 293 g/mol. The Bertz CT molecular complexity index is 505. The predicted octanol–water partition coefficient (Wildman–Crippen LogP) is 2.39. The molecule has 1 N–H and O–H groups in total. The van der Waals surface area contributed by atoms with Gasteiger partial charge in [0, 0.05) is 18.3 Å². The average molecular weight is 294 g/mol. The molecular formula is C12H17ClFNO2S. The first-order chi connectivity index (χ1) is 8.34. The fourth-order valence-corrected chi connectivity index (χ4v) is 2.82. The first kappa shape index (κ1) is 15.4. The van der Waals surface area contributed by atoms with E-state index >= 15 is 0 Å². The minimum Gasteiger partial charge on any atom is -0.309 e. The van der Waals surface area contributed by atoms with Crippen LogP contribution in [0.15, 0.2) is 18.2 Å². The van der Waals surface area contributed by atoms with Crippen molar-refractivity contribution in [3.05, 3.63) is 34.6 Å². The summed E-state index contributed by atoms with van der Waals surface area (Å²) in [4.78, 5) is 0. The van der Waals surface area contributed by atoms with Crippen LogP contribution >= 0.6 is 11.6 Å². The fraction of sp³-hybridized carbons (Fsp3) is 0.500. The Labute approximate surface area is 112 Å². The Hall–Kier alpha value is -0.650. The van der Waals surface area contributed by atoms with E-state index in [1.807, 2.05) is 0 Å². The van der Waals surface area contributed by atoms with E-state index in [9.17, 15) is 12.8 Å². The van der Waals surface area contributed by atoms with E-state index in [1.165, 1.54) is 12.1 Å². The van der Waals surface area contributed by atoms with Crippen molar-refractivity contribution in [2.24, 2.45) is 0 Å². The van der Waals surface area contributed by atoms with Gasteiger partial charge in [-0.25, -0.2) is 12.8 Å². The van der Waals surface area contributed by atoms with Gasteiger partial charge >= 0.3 is 0 Å². The Balaban J connectivity index is 2.52. The Kier molecular flexibility index (Phi) is 5.56. The van der Waals surface area contributed by atoms with Crippen molar-refractivity contribution in [1.29, 1.82) is 0 Å². The van der Waals surface area contributed by atoms with E-state index in [4.69, 9.17) is 11.6 Å². The third-order valence-corrected chi connectivity index (χ3v) is 4.76. The third kappa shape index (κ3) is 4.92. The van der Waals surface area contributed by atoms with Crippen LogP contribution in [0.1, 0.15) is 19.4 Å². The first-order valence-corrected chi connectivity index (χ1v) is 7.91. The van der Waals surface area contributed by atoms with Gasteiger partial charge in [0.05, 0.1) is 10.8 Å². The summed E-state index contributed by atoms with van der Waals surface area (Å²) < 4.78 is 35.8. The Morgan fingerprint density at radius 3 is 2.67 bits per heavy atom. The third-order valence-electron chi connectivity index (χ3n) is 2.58. The molecule has 3 nitrogen and oxygen atoms in total. The molecule has 0 aliphatic rings. The zero-order valence-electron chi connectivity index (χ0n) is 10.4. The number of benzene rings is 1. The topological polar surface area (TPSA) is 46.2 Å². The van der Waals surface area contributed by atoms with Crippen molar-refractivity contribution in [2.75, 3.05) is 11.5 Å². The molecule has 0 aliphatic carbocycles. The predicted molar refractivity (Wildman–Crippen MR) is 72.0 cm³/mol. The summed E-state index contributed by atoms with van der Waals surface area (Å²) in [6.07, 6.45) is 0. The lowest BCUT2D eigenvalue weighted by Gasteiger charge is -2.13. The van der Waals surface area contributed by atoms with Gasteiger partial charge in [-0.15, -0.1) is 0 Å². The van der Waals surface area contributed by atoms with Crippen LogP contribution in [0.25, 0.3) is 0 Å². The summed E-state index contributed by atoms with van der Waals surface area (Å²) in [7, 11) is -2.99. The SMILES string of the molecule is CCS(=O)(=O)CC(C)NCc1ccc(F)c(Cl)c1. The molecule has 0 saturated carbocycles. The zero-order chi connectivity index (χ0) is 13.8. The summed E-state index contributed by atoms with van der Waals surface area (Å²) in [6, 6.07) is 4.30. The second-order valence-electron chi connectivity index (χ2n) is 4.23. The molecule has 0 fully saturated rings. The van der Waals surface area contributed by atoms with E-state index < -0.39 is 15.7 Å². The number of hydrogen-bond donors (Lipinski definition) is 1. The molecule has 0 aromatic heterocycles. The lowest BCUT2D eigenvalue weighted by molar-refractivity contribution is 0.556. The van der Waals surface area contributed by atoms with Gasteiger partial charge in [0.25, 0.3) is 0 Å². The van der Waals surface area contributed by atoms with Crippen LogP contribution in [-0.4, -0.2) is 26.0 Å². The van der Waals surface area contributed by atoms with Gasteiger partial charge in [-0.05, 0) is 24.6 Å². The normalized spacial score (nSPS) is 13.6. The molecule has 1 aromatic rings. The van der Waals surface area contributed by atoms with Crippen LogP contribution < -0.4 is 5.32 Å². The molecule has 18 heavy (non-hydrogen) atoms. The van der Waals surface area contributed by atoms with Crippen molar-refractivity contribution in [2.45, 2.75) is 26.4 Å². The quantitative estimate of drug-likeness (QED) is 0.876. The Morgan fingerprint density at radius 1 is 1.44 bits per heavy atom. The highest BCUT2D eigenvalue weighted by Gasteiger charge is 2.13. The standard InChI is InChI=1S/C12H17ClFNO2S/c1-3-18(16,17)8-9(2)15-7-10-4-5-12(14)11(13)6-10/h4-6,9,15H,3,7-8H2,1-2H3. The zero-order valence-corrected chi connectivity index (χ0v) is 12.0. The highest BCUT2D eigenvalue weighted by Crippen LogP contribution is 2.15. The highest BCUT2D eigenvalue weighted by atomic mass is 35.5. The van der Waals surface area contributed by atoms with Crippen LogP contribution in [0.2, 0.25) is 5.02 Å². The van der Waals surface area contributed by atoms with Crippen molar-refractivity contribution < 1.29 is 12.8 Å². The van der Waals surface area contributed by atoms with Gasteiger partial charge in [-0.2, -0.15) is 0 Å². The van der Waals surface area contributed by atoms with E-state index in [0.717, 1.165) is 5.56 Å². The molecule has 102 valence electrons. The van der Waals surface area contributed by atoms with Crippen molar-refractivity contribution in [3.63, 3.8) is 0 Å². The molecule has 0 spiro atoms. The van der Waals surface area contributed by atoms with E-state index in [0.29, 0.717) is 6.54 Å². The summed E-state index contributed by atoms with van der Waals surface area (Å²) in [5.74, 6) is -0.221. The second kappa shape index (κ2) is 6.50. The van der Waals surface area contributed by atoms with Crippen molar-refractivity contribution >= 4 is 21.4 Å². The lowest BCUT2D eigenvalue weighted by atomic mass is 10.2. The maximum absolute atomic E-state index is 12.9. The molecular weight excluding hydrogens is 277 g/mol. The molecule has 1 rings (SSSR count). The molecule has 0 aliphatic heterocycles. The maximum Gasteiger partial charge on any atom is 0.151 e. The van der Waals surface area contributed by atoms with Crippen molar-refractivity contribution in [1.82, 2.24) is 5.32 Å². The van der Waals surface area contributed by atoms with Crippen molar-refractivity contribution in [3.8, 4) is 0 Å². The average Bonchev–Trinajstić information content (AvgIpc) is 2.30. The summed E-state index contributed by atoms with van der Waals surface area (Å²) in [5.41, 5.74) is 0.821. The van der Waals surface area contributed by atoms with Crippen LogP contribution in [0.3, 0.4) is 0 Å². The second-order valence-corrected chi connectivity index (χ2v) is 7.03. The molecule has 0 radical (unpaired) electrons. The highest BCUT2D eigenvalue weighted by molar-refractivity contribution is 7.91. The van der Waals surface area contributed by atoms with Crippen LogP contribution in [-0.2, 0) is 16.4 Å². The maximum atomic E-state index is 12.9. The van der Waals surface area contributed by atoms with Gasteiger partial charge < -0.3 is 5.32 Å². The molecule has 1 aromatic carbocycles. The van der Waals surface area contributed by atoms with E-state index in [2.05, 4.69) is 5.32 Å². The van der Waals surface area contributed by atoms with Crippen LogP contribution in [0, 0.1) is 5.82 Å². The summed E-state index contributed by atoms with van der Waals surface area (Å²) in [6.45, 7) is 3.89. The smallest absolute Gasteiger partial charge is 0.151 e. The lowest BCUT2D eigenvalue weighted by Crippen LogP contribution is -2.33. The van der Waals surface area contributed by atoms with E-state index in [1.54, 1.807) is 19.9 Å². The minimum absolute atomic E-state index is 0.0723. The Morgan fingerprint density at radius 2 is 2.11 bits per heavy atom. The van der Waals surface area contributed by atoms with Gasteiger partial charge in [0.1, 0.15) is 5.82 Å². The number of rotatable bonds is 6. The molecule has 6 heteroatoms. The van der Waals surface area contributed by atoms with Crippen LogP contribution in [0.4, 0.5) is 4.39 Å². The number of nitrogens with one attached hydrogen (secondary N) is 1. The van der Waals surface area contributed by atoms with Gasteiger partial charge in [-0.1, -0.05) is 24.6 Å². The van der Waals surface area contributed by atoms with Gasteiger partial charge in [0.2, 0.25) is 0 Å². The number of hydrogen-bond acceptors (Lipinski definition) is 3. The number of halogens is 2. The molecule has 0 heterocycles. The number of sulfone groups is 1. The van der Waals surface area contributed by atoms with Crippen LogP contribution in [0.5, 0.6) is 0 Å². The largest absolute Gasteiger partial charge is 0.309 e. The molecule has 0 saturated heterocycles. The van der Waals surface area contributed by atoms with Gasteiger partial charge in [-0.3, -0.25) is 0 Å². The minimum atomic E-state index is -2.99. The molecule has 0 amide bonds. The first-order valence-electron chi connectivity index (χ1n) is 5.72. The van der Waals surface area contributed by atoms with E-state index in [-0.39, 0.29) is 22.6 Å². The molecule has 1 atom stereocenters. The summed E-state index contributed by atoms with van der Waals surface area (Å²) in [5, 5.41) is 3.15. The fourth-order valence-electron chi connectivity index (χ4n) is 1.50. The molecule has 0 bridgehead atoms. The molecule has 1 unspecified atom stereocenters. The summed E-state index contributed by atoms with van der Waals surface area (Å²) >= 11 is 5.66.